The second kappa shape index (κ2) is 7.55. The number of anilines is 2. The van der Waals surface area contributed by atoms with Crippen LogP contribution in [0.4, 0.5) is 17.1 Å². The fourth-order valence-electron chi connectivity index (χ4n) is 2.03. The lowest BCUT2D eigenvalue weighted by Crippen LogP contribution is -2.19. The number of nitro benzene ring substituents is 1. The summed E-state index contributed by atoms with van der Waals surface area (Å²) in [4.78, 5) is 10.7. The number of hydrogen-bond donors (Lipinski definition) is 2. The third-order valence-corrected chi connectivity index (χ3v) is 3.21. The molecule has 0 radical (unpaired) electrons. The molecule has 0 atom stereocenters. The van der Waals surface area contributed by atoms with Gasteiger partial charge in [0.25, 0.3) is 5.69 Å². The van der Waals surface area contributed by atoms with E-state index in [0.717, 1.165) is 11.3 Å². The van der Waals surface area contributed by atoms with Gasteiger partial charge in [-0.05, 0) is 55.9 Å². The summed E-state index contributed by atoms with van der Waals surface area (Å²) in [5.74, 6) is 0.447. The first-order valence-electron chi connectivity index (χ1n) is 7.05. The van der Waals surface area contributed by atoms with Crippen LogP contribution in [0.15, 0.2) is 42.5 Å². The monoisotopic (exact) mass is 331 g/mol. The average molecular weight is 331 g/mol. The summed E-state index contributed by atoms with van der Waals surface area (Å²) in [6.45, 7) is 4.23. The summed E-state index contributed by atoms with van der Waals surface area (Å²) in [6.07, 6.45) is 0. The summed E-state index contributed by atoms with van der Waals surface area (Å²) in [5.41, 5.74) is 2.12. The lowest BCUT2D eigenvalue weighted by molar-refractivity contribution is -0.384. The zero-order chi connectivity index (χ0) is 16.8. The highest BCUT2D eigenvalue weighted by atomic mass is 32.1. The fourth-order valence-corrected chi connectivity index (χ4v) is 2.26. The van der Waals surface area contributed by atoms with Crippen molar-refractivity contribution < 1.29 is 9.66 Å². The number of benzene rings is 2. The molecule has 0 unspecified atom stereocenters. The van der Waals surface area contributed by atoms with Crippen LogP contribution in [0.3, 0.4) is 0 Å². The van der Waals surface area contributed by atoms with Crippen LogP contribution in [-0.4, -0.2) is 16.6 Å². The number of nitrogens with one attached hydrogen (secondary N) is 2. The number of aryl methyl sites for hydroxylation is 1. The molecule has 0 aromatic heterocycles. The van der Waals surface area contributed by atoms with Gasteiger partial charge in [0.2, 0.25) is 0 Å². The smallest absolute Gasteiger partial charge is 0.296 e. The minimum atomic E-state index is -0.472. The van der Waals surface area contributed by atoms with Crippen LogP contribution in [0.25, 0.3) is 0 Å². The molecule has 0 saturated heterocycles. The normalized spacial score (nSPS) is 10.0. The quantitative estimate of drug-likeness (QED) is 0.488. The van der Waals surface area contributed by atoms with Crippen molar-refractivity contribution in [2.24, 2.45) is 0 Å². The minimum absolute atomic E-state index is 0.0932. The maximum absolute atomic E-state index is 11.2. The van der Waals surface area contributed by atoms with E-state index in [2.05, 4.69) is 10.6 Å². The van der Waals surface area contributed by atoms with Crippen LogP contribution in [0.2, 0.25) is 0 Å². The molecule has 7 heteroatoms. The molecule has 0 aliphatic carbocycles. The van der Waals surface area contributed by atoms with Gasteiger partial charge in [-0.2, -0.15) is 0 Å². The summed E-state index contributed by atoms with van der Waals surface area (Å²) in [7, 11) is 0. The predicted octanol–water partition coefficient (Wildman–Crippen LogP) is 4.11. The number of hydrogen-bond acceptors (Lipinski definition) is 4. The Labute approximate surface area is 139 Å². The van der Waals surface area contributed by atoms with Gasteiger partial charge in [-0.25, -0.2) is 0 Å². The van der Waals surface area contributed by atoms with Gasteiger partial charge < -0.3 is 15.4 Å². The molecule has 0 aliphatic heterocycles. The van der Waals surface area contributed by atoms with Crippen LogP contribution in [0, 0.1) is 17.0 Å². The highest BCUT2D eigenvalue weighted by Crippen LogP contribution is 2.29. The molecule has 0 amide bonds. The number of thiocarbonyl (C=S) groups is 1. The van der Waals surface area contributed by atoms with Crippen molar-refractivity contribution in [3.63, 3.8) is 0 Å². The van der Waals surface area contributed by atoms with E-state index < -0.39 is 4.92 Å². The molecular formula is C16H17N3O3S. The van der Waals surface area contributed by atoms with Crippen molar-refractivity contribution >= 4 is 34.4 Å². The van der Waals surface area contributed by atoms with Crippen LogP contribution in [0.1, 0.15) is 12.5 Å². The number of nitro groups is 1. The van der Waals surface area contributed by atoms with E-state index in [0.29, 0.717) is 18.0 Å². The lowest BCUT2D eigenvalue weighted by Gasteiger charge is -2.12. The van der Waals surface area contributed by atoms with E-state index in [1.54, 1.807) is 12.1 Å². The van der Waals surface area contributed by atoms with Crippen molar-refractivity contribution in [3.05, 3.63) is 58.1 Å². The molecule has 0 bridgehead atoms. The Bertz CT molecular complexity index is 734. The summed E-state index contributed by atoms with van der Waals surface area (Å²) in [5, 5.41) is 17.3. The molecule has 6 nitrogen and oxygen atoms in total. The lowest BCUT2D eigenvalue weighted by atomic mass is 10.2. The molecule has 2 aromatic carbocycles. The third-order valence-electron chi connectivity index (χ3n) is 3.00. The first kappa shape index (κ1) is 16.7. The van der Waals surface area contributed by atoms with E-state index in [-0.39, 0.29) is 10.8 Å². The maximum Gasteiger partial charge on any atom is 0.296 e. The van der Waals surface area contributed by atoms with E-state index in [1.165, 1.54) is 6.07 Å². The molecule has 2 N–H and O–H groups in total. The zero-order valence-electron chi connectivity index (χ0n) is 12.8. The molecular weight excluding hydrogens is 314 g/mol. The highest BCUT2D eigenvalue weighted by molar-refractivity contribution is 7.80. The van der Waals surface area contributed by atoms with Gasteiger partial charge in [0.05, 0.1) is 17.6 Å². The van der Waals surface area contributed by atoms with Crippen molar-refractivity contribution in [1.29, 1.82) is 0 Å². The van der Waals surface area contributed by atoms with Crippen LogP contribution >= 0.6 is 12.2 Å². The first-order valence-corrected chi connectivity index (χ1v) is 7.46. The molecule has 0 fully saturated rings. The average Bonchev–Trinajstić information content (AvgIpc) is 2.48. The van der Waals surface area contributed by atoms with E-state index in [4.69, 9.17) is 17.0 Å². The Morgan fingerprint density at radius 1 is 1.26 bits per heavy atom. The highest BCUT2D eigenvalue weighted by Gasteiger charge is 2.16. The first-order chi connectivity index (χ1) is 11.0. The van der Waals surface area contributed by atoms with Gasteiger partial charge in [0.15, 0.2) is 5.11 Å². The van der Waals surface area contributed by atoms with Crippen LogP contribution in [0.5, 0.6) is 5.75 Å². The van der Waals surface area contributed by atoms with Crippen LogP contribution in [-0.2, 0) is 0 Å². The summed E-state index contributed by atoms with van der Waals surface area (Å²) < 4.78 is 5.28. The van der Waals surface area contributed by atoms with E-state index >= 15 is 0 Å². The van der Waals surface area contributed by atoms with E-state index in [9.17, 15) is 10.1 Å². The second-order valence-electron chi connectivity index (χ2n) is 4.82. The molecule has 2 rings (SSSR count). The molecule has 120 valence electrons. The fraction of sp³-hybridized carbons (Fsp3) is 0.188. The van der Waals surface area contributed by atoms with Crippen molar-refractivity contribution in [2.75, 3.05) is 17.2 Å². The van der Waals surface area contributed by atoms with Gasteiger partial charge in [0.1, 0.15) is 11.4 Å². The molecule has 0 saturated carbocycles. The Morgan fingerprint density at radius 3 is 2.70 bits per heavy atom. The van der Waals surface area contributed by atoms with Gasteiger partial charge >= 0.3 is 0 Å². The Balaban J connectivity index is 2.15. The third kappa shape index (κ3) is 4.65. The van der Waals surface area contributed by atoms with Gasteiger partial charge in [-0.3, -0.25) is 10.1 Å². The summed E-state index contributed by atoms with van der Waals surface area (Å²) in [6, 6.07) is 12.3. The SMILES string of the molecule is CCOc1ccc(NC(=S)Nc2cccc(C)c2)c([N+](=O)[O-])c1. The Kier molecular flexibility index (Phi) is 5.48. The largest absolute Gasteiger partial charge is 0.494 e. The van der Waals surface area contributed by atoms with Crippen molar-refractivity contribution in [2.45, 2.75) is 13.8 Å². The Hall–Kier alpha value is -2.67. The molecule has 23 heavy (non-hydrogen) atoms. The summed E-state index contributed by atoms with van der Waals surface area (Å²) >= 11 is 5.22. The molecule has 2 aromatic rings. The Morgan fingerprint density at radius 2 is 2.04 bits per heavy atom. The van der Waals surface area contributed by atoms with Crippen LogP contribution < -0.4 is 15.4 Å². The number of nitrogens with zero attached hydrogens (tertiary/aromatic N) is 1. The number of rotatable bonds is 5. The number of ether oxygens (including phenoxy) is 1. The van der Waals surface area contributed by atoms with Crippen molar-refractivity contribution in [1.82, 2.24) is 0 Å². The van der Waals surface area contributed by atoms with E-state index in [1.807, 2.05) is 38.1 Å². The topological polar surface area (TPSA) is 76.4 Å². The van der Waals surface area contributed by atoms with Gasteiger partial charge in [-0.1, -0.05) is 12.1 Å². The van der Waals surface area contributed by atoms with Crippen molar-refractivity contribution in [3.8, 4) is 5.75 Å². The molecule has 0 aliphatic rings. The maximum atomic E-state index is 11.2. The predicted molar refractivity (Wildman–Crippen MR) is 95.3 cm³/mol. The molecule has 0 spiro atoms. The zero-order valence-corrected chi connectivity index (χ0v) is 13.6. The standard InChI is InChI=1S/C16H17N3O3S/c1-3-22-13-7-8-14(15(10-13)19(20)21)18-16(23)17-12-6-4-5-11(2)9-12/h4-10H,3H2,1-2H3,(H2,17,18,23). The van der Waals surface area contributed by atoms with Gasteiger partial charge in [0, 0.05) is 5.69 Å². The second-order valence-corrected chi connectivity index (χ2v) is 5.23. The molecule has 0 heterocycles. The van der Waals surface area contributed by atoms with Gasteiger partial charge in [-0.15, -0.1) is 0 Å². The minimum Gasteiger partial charge on any atom is -0.494 e.